The van der Waals surface area contributed by atoms with Crippen LogP contribution in [0.15, 0.2) is 41.4 Å². The molecule has 0 radical (unpaired) electrons. The maximum atomic E-state index is 12.6. The zero-order valence-corrected chi connectivity index (χ0v) is 14.1. The fraction of sp³-hybridized carbons (Fsp3) is 0.125. The van der Waals surface area contributed by atoms with Gasteiger partial charge in [0, 0.05) is 12.1 Å². The normalized spacial score (nSPS) is 13.4. The summed E-state index contributed by atoms with van der Waals surface area (Å²) in [6.45, 7) is 1.49. The van der Waals surface area contributed by atoms with Gasteiger partial charge in [0.05, 0.1) is 32.9 Å². The summed E-state index contributed by atoms with van der Waals surface area (Å²) in [5, 5.41) is 6.65. The quantitative estimate of drug-likeness (QED) is 0.796. The lowest BCUT2D eigenvalue weighted by Crippen LogP contribution is -2.22. The van der Waals surface area contributed by atoms with Crippen molar-refractivity contribution in [3.63, 3.8) is 0 Å². The highest BCUT2D eigenvalue weighted by atomic mass is 35.5. The van der Waals surface area contributed by atoms with E-state index in [-0.39, 0.29) is 20.6 Å². The van der Waals surface area contributed by atoms with Crippen LogP contribution >= 0.6 is 34.8 Å². The average molecular weight is 369 g/mol. The number of amidine groups is 1. The third-order valence-corrected chi connectivity index (χ3v) is 4.49. The molecule has 0 bridgehead atoms. The molecule has 0 saturated heterocycles. The molecule has 7 heteroatoms. The van der Waals surface area contributed by atoms with Gasteiger partial charge in [0.1, 0.15) is 5.84 Å². The van der Waals surface area contributed by atoms with Gasteiger partial charge in [0.25, 0.3) is 5.91 Å². The molecule has 1 amide bonds. The molecule has 1 heterocycles. The summed E-state index contributed by atoms with van der Waals surface area (Å²) < 4.78 is 0. The second-order valence-electron chi connectivity index (χ2n) is 4.88. The molecule has 0 aliphatic carbocycles. The molecule has 3 rings (SSSR count). The summed E-state index contributed by atoms with van der Waals surface area (Å²) in [5.41, 5.74) is 1.59. The van der Waals surface area contributed by atoms with E-state index in [9.17, 15) is 4.79 Å². The van der Waals surface area contributed by atoms with E-state index in [1.165, 1.54) is 0 Å². The fourth-order valence-electron chi connectivity index (χ4n) is 2.30. The molecule has 0 fully saturated rings. The van der Waals surface area contributed by atoms with Crippen molar-refractivity contribution in [2.24, 2.45) is 4.99 Å². The van der Waals surface area contributed by atoms with Crippen molar-refractivity contribution in [1.82, 2.24) is 5.32 Å². The maximum absolute atomic E-state index is 12.6. The van der Waals surface area contributed by atoms with Gasteiger partial charge in [-0.05, 0) is 24.3 Å². The number of carbonyl (C=O) groups excluding carboxylic acids is 1. The molecule has 0 spiro atoms. The number of amides is 1. The van der Waals surface area contributed by atoms with Crippen LogP contribution in [0.2, 0.25) is 15.1 Å². The topological polar surface area (TPSA) is 53.5 Å². The number of nitrogens with one attached hydrogen (secondary N) is 2. The molecule has 1 aliphatic heterocycles. The molecule has 4 nitrogen and oxygen atoms in total. The van der Waals surface area contributed by atoms with Crippen molar-refractivity contribution < 1.29 is 4.79 Å². The van der Waals surface area contributed by atoms with Gasteiger partial charge >= 0.3 is 0 Å². The zero-order chi connectivity index (χ0) is 16.4. The van der Waals surface area contributed by atoms with Crippen LogP contribution in [0, 0.1) is 0 Å². The second-order valence-corrected chi connectivity index (χ2v) is 6.07. The van der Waals surface area contributed by atoms with Gasteiger partial charge in [-0.3, -0.25) is 9.79 Å². The first-order chi connectivity index (χ1) is 11.1. The summed E-state index contributed by atoms with van der Waals surface area (Å²) in [6.07, 6.45) is 0. The van der Waals surface area contributed by atoms with E-state index in [4.69, 9.17) is 34.8 Å². The van der Waals surface area contributed by atoms with Gasteiger partial charge in [-0.15, -0.1) is 0 Å². The van der Waals surface area contributed by atoms with Crippen molar-refractivity contribution in [1.29, 1.82) is 0 Å². The summed E-state index contributed by atoms with van der Waals surface area (Å²) in [6, 6.07) is 10.5. The van der Waals surface area contributed by atoms with E-state index in [0.717, 1.165) is 17.9 Å². The Kier molecular flexibility index (Phi) is 4.76. The lowest BCUT2D eigenvalue weighted by Gasteiger charge is -2.13. The number of para-hydroxylation sites is 1. The smallest absolute Gasteiger partial charge is 0.258 e. The minimum Gasteiger partial charge on any atom is -0.368 e. The van der Waals surface area contributed by atoms with Crippen LogP contribution in [0.3, 0.4) is 0 Å². The molecule has 1 aliphatic rings. The Bertz CT molecular complexity index is 805. The van der Waals surface area contributed by atoms with E-state index in [1.807, 2.05) is 18.2 Å². The number of nitrogens with zero attached hydrogens (tertiary/aromatic N) is 1. The van der Waals surface area contributed by atoms with Gasteiger partial charge in [0.2, 0.25) is 0 Å². The van der Waals surface area contributed by atoms with Gasteiger partial charge in [-0.2, -0.15) is 0 Å². The van der Waals surface area contributed by atoms with E-state index in [2.05, 4.69) is 15.6 Å². The van der Waals surface area contributed by atoms with E-state index >= 15 is 0 Å². The summed E-state index contributed by atoms with van der Waals surface area (Å²) in [7, 11) is 0. The number of rotatable bonds is 3. The first kappa shape index (κ1) is 16.1. The van der Waals surface area contributed by atoms with Crippen LogP contribution in [-0.4, -0.2) is 24.8 Å². The Labute approximate surface area is 148 Å². The monoisotopic (exact) mass is 367 g/mol. The average Bonchev–Trinajstić information content (AvgIpc) is 3.06. The highest BCUT2D eigenvalue weighted by Gasteiger charge is 2.20. The predicted molar refractivity (Wildman–Crippen MR) is 95.3 cm³/mol. The number of hydrogen-bond donors (Lipinski definition) is 2. The Morgan fingerprint density at radius 3 is 2.57 bits per heavy atom. The second kappa shape index (κ2) is 6.79. The molecule has 2 N–H and O–H groups in total. The number of hydrogen-bond acceptors (Lipinski definition) is 3. The molecule has 0 aromatic heterocycles. The van der Waals surface area contributed by atoms with Crippen LogP contribution in [-0.2, 0) is 0 Å². The van der Waals surface area contributed by atoms with Crippen molar-refractivity contribution in [3.8, 4) is 0 Å². The maximum Gasteiger partial charge on any atom is 0.258 e. The molecule has 0 unspecified atom stereocenters. The summed E-state index contributed by atoms with van der Waals surface area (Å²) in [5.74, 6) is 0.331. The minimum atomic E-state index is -0.423. The fourth-order valence-corrected chi connectivity index (χ4v) is 3.00. The lowest BCUT2D eigenvalue weighted by atomic mass is 10.1. The first-order valence-electron chi connectivity index (χ1n) is 6.90. The number of halogens is 3. The van der Waals surface area contributed by atoms with Crippen molar-refractivity contribution in [2.75, 3.05) is 18.4 Å². The predicted octanol–water partition coefficient (Wildman–Crippen LogP) is 4.25. The van der Waals surface area contributed by atoms with E-state index in [1.54, 1.807) is 18.2 Å². The summed E-state index contributed by atoms with van der Waals surface area (Å²) in [4.78, 5) is 17.0. The third-order valence-electron chi connectivity index (χ3n) is 3.38. The molecule has 0 atom stereocenters. The molecule has 2 aromatic carbocycles. The standard InChI is InChI=1S/C16H12Cl3N3O/c17-10-5-6-11(18)14(19)13(10)16(23)22-12-4-2-1-3-9(12)15-20-7-8-21-15/h1-6H,7-8H2,(H,20,21)(H,22,23). The SMILES string of the molecule is O=C(Nc1ccccc1C1=NCCN1)c1c(Cl)ccc(Cl)c1Cl. The van der Waals surface area contributed by atoms with Gasteiger partial charge < -0.3 is 10.6 Å². The summed E-state index contributed by atoms with van der Waals surface area (Å²) >= 11 is 18.2. The highest BCUT2D eigenvalue weighted by molar-refractivity contribution is 6.46. The van der Waals surface area contributed by atoms with Crippen LogP contribution < -0.4 is 10.6 Å². The molecular weight excluding hydrogens is 357 g/mol. The van der Waals surface area contributed by atoms with E-state index in [0.29, 0.717) is 12.2 Å². The number of carbonyl (C=O) groups is 1. The van der Waals surface area contributed by atoms with Crippen LogP contribution in [0.5, 0.6) is 0 Å². The Morgan fingerprint density at radius 1 is 1.09 bits per heavy atom. The Hall–Kier alpha value is -1.75. The molecule has 23 heavy (non-hydrogen) atoms. The molecule has 118 valence electrons. The zero-order valence-electron chi connectivity index (χ0n) is 11.9. The van der Waals surface area contributed by atoms with Gasteiger partial charge in [-0.25, -0.2) is 0 Å². The van der Waals surface area contributed by atoms with Crippen molar-refractivity contribution in [2.45, 2.75) is 0 Å². The largest absolute Gasteiger partial charge is 0.368 e. The Morgan fingerprint density at radius 2 is 1.83 bits per heavy atom. The van der Waals surface area contributed by atoms with Gasteiger partial charge in [-0.1, -0.05) is 46.9 Å². The molecule has 0 saturated carbocycles. The van der Waals surface area contributed by atoms with Crippen LogP contribution in [0.25, 0.3) is 0 Å². The molecular formula is C16H12Cl3N3O. The van der Waals surface area contributed by atoms with Crippen molar-refractivity contribution >= 4 is 52.2 Å². The van der Waals surface area contributed by atoms with Gasteiger partial charge in [0.15, 0.2) is 0 Å². The number of aliphatic imine (C=N–C) groups is 1. The highest BCUT2D eigenvalue weighted by Crippen LogP contribution is 2.32. The number of anilines is 1. The lowest BCUT2D eigenvalue weighted by molar-refractivity contribution is 0.102. The first-order valence-corrected chi connectivity index (χ1v) is 8.04. The Balaban J connectivity index is 1.94. The third kappa shape index (κ3) is 3.29. The van der Waals surface area contributed by atoms with Crippen LogP contribution in [0.4, 0.5) is 5.69 Å². The number of benzene rings is 2. The minimum absolute atomic E-state index is 0.130. The van der Waals surface area contributed by atoms with Crippen LogP contribution in [0.1, 0.15) is 15.9 Å². The van der Waals surface area contributed by atoms with Crippen molar-refractivity contribution in [3.05, 3.63) is 62.6 Å². The van der Waals surface area contributed by atoms with E-state index < -0.39 is 5.91 Å². The molecule has 2 aromatic rings.